The highest BCUT2D eigenvalue weighted by Crippen LogP contribution is 2.26. The van der Waals surface area contributed by atoms with Gasteiger partial charge in [-0.3, -0.25) is 14.6 Å². The van der Waals surface area contributed by atoms with E-state index < -0.39 is 5.82 Å². The molecule has 0 radical (unpaired) electrons. The topological polar surface area (TPSA) is 76.3 Å². The van der Waals surface area contributed by atoms with Crippen molar-refractivity contribution in [1.82, 2.24) is 10.1 Å². The lowest BCUT2D eigenvalue weighted by Gasteiger charge is -2.17. The minimum Gasteiger partial charge on any atom is -0.361 e. The van der Waals surface area contributed by atoms with Crippen molar-refractivity contribution < 1.29 is 18.5 Å². The minimum atomic E-state index is -0.464. The van der Waals surface area contributed by atoms with Gasteiger partial charge in [-0.05, 0) is 31.2 Å². The minimum absolute atomic E-state index is 0.0975. The molecule has 7 heteroatoms. The first-order chi connectivity index (χ1) is 13.4. The Kier molecular flexibility index (Phi) is 5.63. The summed E-state index contributed by atoms with van der Waals surface area (Å²) in [5, 5.41) is 3.65. The molecular formula is C21H20FN3O3. The fourth-order valence-corrected chi connectivity index (χ4v) is 2.80. The number of aryl methyl sites for hydroxylation is 1. The average Bonchev–Trinajstić information content (AvgIpc) is 3.11. The molecule has 1 aromatic carbocycles. The highest BCUT2D eigenvalue weighted by molar-refractivity contribution is 5.96. The number of Topliss-reactive ketones (excluding diaryl/α,β-unsaturated/α-hetero) is 1. The Hall–Kier alpha value is -3.35. The van der Waals surface area contributed by atoms with Gasteiger partial charge < -0.3 is 9.42 Å². The molecule has 0 spiro atoms. The molecule has 2 aromatic heterocycles. The zero-order chi connectivity index (χ0) is 20.3. The van der Waals surface area contributed by atoms with E-state index in [-0.39, 0.29) is 23.8 Å². The van der Waals surface area contributed by atoms with Gasteiger partial charge in [0.25, 0.3) is 0 Å². The largest absolute Gasteiger partial charge is 0.361 e. The Bertz CT molecular complexity index is 1010. The van der Waals surface area contributed by atoms with Crippen LogP contribution in [0.25, 0.3) is 11.1 Å². The maximum atomic E-state index is 14.6. The highest BCUT2D eigenvalue weighted by atomic mass is 19.1. The first kappa shape index (κ1) is 19.4. The summed E-state index contributed by atoms with van der Waals surface area (Å²) < 4.78 is 19.5. The van der Waals surface area contributed by atoms with Crippen molar-refractivity contribution in [3.63, 3.8) is 0 Å². The van der Waals surface area contributed by atoms with Crippen LogP contribution in [0.3, 0.4) is 0 Å². The van der Waals surface area contributed by atoms with E-state index in [2.05, 4.69) is 10.1 Å². The molecule has 2 heterocycles. The molecule has 6 nitrogen and oxygen atoms in total. The zero-order valence-electron chi connectivity index (χ0n) is 15.9. The molecule has 0 saturated heterocycles. The van der Waals surface area contributed by atoms with Crippen LogP contribution in [0.1, 0.15) is 35.2 Å². The van der Waals surface area contributed by atoms with Gasteiger partial charge >= 0.3 is 0 Å². The van der Waals surface area contributed by atoms with Gasteiger partial charge in [0.2, 0.25) is 5.91 Å². The second-order valence-corrected chi connectivity index (χ2v) is 6.41. The first-order valence-electron chi connectivity index (χ1n) is 8.86. The van der Waals surface area contributed by atoms with E-state index in [9.17, 15) is 14.0 Å². The number of ketones is 1. The number of carbonyl (C=O) groups is 2. The molecule has 1 amide bonds. The van der Waals surface area contributed by atoms with Gasteiger partial charge in [0.05, 0.1) is 6.20 Å². The molecule has 0 N–H and O–H groups in total. The van der Waals surface area contributed by atoms with Crippen LogP contribution in [0.2, 0.25) is 0 Å². The van der Waals surface area contributed by atoms with Crippen LogP contribution in [0, 0.1) is 12.7 Å². The number of benzene rings is 1. The van der Waals surface area contributed by atoms with Gasteiger partial charge in [-0.15, -0.1) is 0 Å². The second kappa shape index (κ2) is 8.12. The summed E-state index contributed by atoms with van der Waals surface area (Å²) in [5.41, 5.74) is 2.38. The van der Waals surface area contributed by atoms with Gasteiger partial charge in [-0.1, -0.05) is 18.1 Å². The summed E-state index contributed by atoms with van der Waals surface area (Å²) in [6.45, 7) is 3.49. The molecule has 0 aliphatic rings. The first-order valence-corrected chi connectivity index (χ1v) is 8.86. The monoisotopic (exact) mass is 381 g/mol. The summed E-state index contributed by atoms with van der Waals surface area (Å²) >= 11 is 0. The number of pyridine rings is 1. The van der Waals surface area contributed by atoms with E-state index in [4.69, 9.17) is 4.52 Å². The smallest absolute Gasteiger partial charge is 0.226 e. The Morgan fingerprint density at radius 2 is 1.96 bits per heavy atom. The van der Waals surface area contributed by atoms with Gasteiger partial charge in [0.15, 0.2) is 5.78 Å². The molecule has 0 aliphatic carbocycles. The maximum absolute atomic E-state index is 14.6. The fourth-order valence-electron chi connectivity index (χ4n) is 2.80. The third-order valence-electron chi connectivity index (χ3n) is 4.58. The molecular weight excluding hydrogens is 361 g/mol. The van der Waals surface area contributed by atoms with E-state index in [1.165, 1.54) is 23.4 Å². The van der Waals surface area contributed by atoms with Gasteiger partial charge in [-0.2, -0.15) is 0 Å². The summed E-state index contributed by atoms with van der Waals surface area (Å²) in [6.07, 6.45) is 3.46. The number of anilines is 1. The summed E-state index contributed by atoms with van der Waals surface area (Å²) in [6, 6.07) is 7.82. The van der Waals surface area contributed by atoms with E-state index in [1.54, 1.807) is 45.2 Å². The van der Waals surface area contributed by atoms with Crippen LogP contribution in [0.15, 0.2) is 47.2 Å². The van der Waals surface area contributed by atoms with Crippen molar-refractivity contribution >= 4 is 17.4 Å². The third-order valence-corrected chi connectivity index (χ3v) is 4.58. The van der Waals surface area contributed by atoms with Gasteiger partial charge in [0.1, 0.15) is 17.3 Å². The predicted molar refractivity (Wildman–Crippen MR) is 103 cm³/mol. The summed E-state index contributed by atoms with van der Waals surface area (Å²) in [4.78, 5) is 29.7. The van der Waals surface area contributed by atoms with Gasteiger partial charge in [-0.25, -0.2) is 4.39 Å². The number of carbonyl (C=O) groups excluding carboxylic acids is 2. The third kappa shape index (κ3) is 3.98. The normalized spacial score (nSPS) is 10.7. The van der Waals surface area contributed by atoms with Crippen molar-refractivity contribution in [2.45, 2.75) is 26.7 Å². The number of aromatic nitrogens is 2. The standard InChI is InChI=1S/C21H20FN3O3/c1-4-21(27)25(3)16-6-7-17(18(22)10-16)14-5-8-19(23-11-14)20(26)9-15-12-24-28-13(15)2/h5-8,10-12H,4,9H2,1-3H3. The van der Waals surface area contributed by atoms with Crippen LogP contribution >= 0.6 is 0 Å². The molecule has 0 fully saturated rings. The SMILES string of the molecule is CCC(=O)N(C)c1ccc(-c2ccc(C(=O)Cc3cnoc3C)nc2)c(F)c1. The van der Waals surface area contributed by atoms with Crippen molar-refractivity contribution in [2.75, 3.05) is 11.9 Å². The van der Waals surface area contributed by atoms with E-state index in [0.717, 1.165) is 0 Å². The Balaban J connectivity index is 1.78. The molecule has 28 heavy (non-hydrogen) atoms. The Labute approximate surface area is 162 Å². The molecule has 0 unspecified atom stereocenters. The van der Waals surface area contributed by atoms with Crippen LogP contribution in [-0.2, 0) is 11.2 Å². The molecule has 3 aromatic rings. The number of hydrogen-bond acceptors (Lipinski definition) is 5. The summed E-state index contributed by atoms with van der Waals surface area (Å²) in [5.74, 6) is -0.138. The van der Waals surface area contributed by atoms with Gasteiger partial charge in [0, 0.05) is 48.5 Å². The quantitative estimate of drug-likeness (QED) is 0.604. The zero-order valence-corrected chi connectivity index (χ0v) is 15.9. The lowest BCUT2D eigenvalue weighted by Crippen LogP contribution is -2.25. The van der Waals surface area contributed by atoms with Crippen molar-refractivity contribution in [3.05, 3.63) is 65.6 Å². The second-order valence-electron chi connectivity index (χ2n) is 6.41. The average molecular weight is 381 g/mol. The fraction of sp³-hybridized carbons (Fsp3) is 0.238. The van der Waals surface area contributed by atoms with Crippen LogP contribution < -0.4 is 4.90 Å². The predicted octanol–water partition coefficient (Wildman–Crippen LogP) is 3.98. The van der Waals surface area contributed by atoms with Crippen molar-refractivity contribution in [1.29, 1.82) is 0 Å². The Morgan fingerprint density at radius 1 is 1.18 bits per heavy atom. The van der Waals surface area contributed by atoms with E-state index >= 15 is 0 Å². The number of amides is 1. The summed E-state index contributed by atoms with van der Waals surface area (Å²) in [7, 11) is 1.61. The van der Waals surface area contributed by atoms with Crippen molar-refractivity contribution in [3.8, 4) is 11.1 Å². The maximum Gasteiger partial charge on any atom is 0.226 e. The Morgan fingerprint density at radius 3 is 2.54 bits per heavy atom. The van der Waals surface area contributed by atoms with E-state index in [0.29, 0.717) is 34.6 Å². The molecule has 3 rings (SSSR count). The molecule has 0 aliphatic heterocycles. The number of halogens is 1. The van der Waals surface area contributed by atoms with E-state index in [1.807, 2.05) is 0 Å². The van der Waals surface area contributed by atoms with Crippen LogP contribution in [-0.4, -0.2) is 28.9 Å². The van der Waals surface area contributed by atoms with Crippen LogP contribution in [0.5, 0.6) is 0 Å². The number of rotatable bonds is 6. The van der Waals surface area contributed by atoms with Crippen molar-refractivity contribution in [2.24, 2.45) is 0 Å². The molecule has 144 valence electrons. The lowest BCUT2D eigenvalue weighted by atomic mass is 10.0. The van der Waals surface area contributed by atoms with Crippen LogP contribution in [0.4, 0.5) is 10.1 Å². The molecule has 0 saturated carbocycles. The lowest BCUT2D eigenvalue weighted by molar-refractivity contribution is -0.118. The molecule has 0 atom stereocenters. The number of hydrogen-bond donors (Lipinski definition) is 0. The number of nitrogens with zero attached hydrogens (tertiary/aromatic N) is 3. The highest BCUT2D eigenvalue weighted by Gasteiger charge is 2.15. The molecule has 0 bridgehead atoms.